The first kappa shape index (κ1) is 14.9. The van der Waals surface area contributed by atoms with E-state index in [-0.39, 0.29) is 12.5 Å². The van der Waals surface area contributed by atoms with E-state index in [1.807, 2.05) is 11.8 Å². The Kier molecular flexibility index (Phi) is 4.72. The number of anilines is 1. The molecule has 0 saturated carbocycles. The maximum Gasteiger partial charge on any atom is 0.310 e. The number of carboxylic acid groups (broad SMARTS) is 1. The van der Waals surface area contributed by atoms with E-state index in [0.29, 0.717) is 24.5 Å². The lowest BCUT2D eigenvalue weighted by Crippen LogP contribution is -2.49. The van der Waals surface area contributed by atoms with Gasteiger partial charge >= 0.3 is 5.97 Å². The van der Waals surface area contributed by atoms with Crippen LogP contribution in [0.25, 0.3) is 0 Å². The number of hydrogen-bond donors (Lipinski definition) is 2. The van der Waals surface area contributed by atoms with Gasteiger partial charge in [-0.05, 0) is 25.8 Å². The number of aromatic nitrogens is 1. The summed E-state index contributed by atoms with van der Waals surface area (Å²) in [4.78, 5) is 29.3. The number of rotatable bonds is 5. The number of amides is 1. The zero-order chi connectivity index (χ0) is 14.6. The summed E-state index contributed by atoms with van der Waals surface area (Å²) in [6, 6.07) is 0. The van der Waals surface area contributed by atoms with Gasteiger partial charge in [0, 0.05) is 18.1 Å². The number of nitrogens with one attached hydrogen (secondary N) is 1. The summed E-state index contributed by atoms with van der Waals surface area (Å²) < 4.78 is 0. The molecule has 20 heavy (non-hydrogen) atoms. The highest BCUT2D eigenvalue weighted by Gasteiger charge is 2.41. The predicted molar refractivity (Wildman–Crippen MR) is 76.8 cm³/mol. The molecule has 7 heteroatoms. The van der Waals surface area contributed by atoms with E-state index < -0.39 is 11.4 Å². The molecular formula is C13H19N3O3S. The van der Waals surface area contributed by atoms with E-state index in [0.717, 1.165) is 13.0 Å². The molecule has 110 valence electrons. The molecule has 2 heterocycles. The van der Waals surface area contributed by atoms with Gasteiger partial charge in [0.05, 0.1) is 12.0 Å². The molecule has 1 atom stereocenters. The minimum absolute atomic E-state index is 0.141. The van der Waals surface area contributed by atoms with Crippen LogP contribution in [0.15, 0.2) is 11.6 Å². The second kappa shape index (κ2) is 6.32. The number of carbonyl (C=O) groups is 2. The highest BCUT2D eigenvalue weighted by atomic mass is 32.1. The van der Waals surface area contributed by atoms with Crippen molar-refractivity contribution in [3.8, 4) is 0 Å². The average molecular weight is 297 g/mol. The summed E-state index contributed by atoms with van der Waals surface area (Å²) in [6.45, 7) is 3.31. The third-order valence-corrected chi connectivity index (χ3v) is 4.52. The number of likely N-dealkylation sites (tertiary alicyclic amines) is 1. The Hall–Kier alpha value is -1.47. The van der Waals surface area contributed by atoms with E-state index in [9.17, 15) is 14.7 Å². The van der Waals surface area contributed by atoms with Gasteiger partial charge in [-0.3, -0.25) is 14.5 Å². The minimum Gasteiger partial charge on any atom is -0.481 e. The molecule has 1 aromatic heterocycles. The van der Waals surface area contributed by atoms with Crippen LogP contribution in [0.1, 0.15) is 26.2 Å². The molecule has 1 saturated heterocycles. The van der Waals surface area contributed by atoms with Crippen molar-refractivity contribution in [2.24, 2.45) is 5.41 Å². The third-order valence-electron chi connectivity index (χ3n) is 3.83. The molecule has 0 bridgehead atoms. The van der Waals surface area contributed by atoms with E-state index in [4.69, 9.17) is 0 Å². The normalized spacial score (nSPS) is 23.4. The highest BCUT2D eigenvalue weighted by Crippen LogP contribution is 2.33. The van der Waals surface area contributed by atoms with Gasteiger partial charge in [0.2, 0.25) is 5.91 Å². The molecule has 1 aliphatic heterocycles. The number of aliphatic carboxylic acids is 1. The van der Waals surface area contributed by atoms with Crippen molar-refractivity contribution in [1.29, 1.82) is 0 Å². The number of carboxylic acids is 1. The van der Waals surface area contributed by atoms with Gasteiger partial charge in [0.1, 0.15) is 0 Å². The van der Waals surface area contributed by atoms with Crippen molar-refractivity contribution >= 4 is 28.3 Å². The van der Waals surface area contributed by atoms with Gasteiger partial charge in [-0.1, -0.05) is 6.92 Å². The molecule has 2 N–H and O–H groups in total. The summed E-state index contributed by atoms with van der Waals surface area (Å²) in [5.41, 5.74) is -0.709. The van der Waals surface area contributed by atoms with Crippen LogP contribution in [0.5, 0.6) is 0 Å². The minimum atomic E-state index is -0.759. The van der Waals surface area contributed by atoms with E-state index in [1.165, 1.54) is 11.3 Å². The molecule has 6 nitrogen and oxygen atoms in total. The first-order valence-corrected chi connectivity index (χ1v) is 7.59. The summed E-state index contributed by atoms with van der Waals surface area (Å²) in [7, 11) is 0. The van der Waals surface area contributed by atoms with Gasteiger partial charge in [-0.2, -0.15) is 0 Å². The van der Waals surface area contributed by atoms with Crippen molar-refractivity contribution in [3.63, 3.8) is 0 Å². The maximum atomic E-state index is 11.9. The Morgan fingerprint density at radius 1 is 1.60 bits per heavy atom. The van der Waals surface area contributed by atoms with E-state index in [2.05, 4.69) is 10.3 Å². The molecule has 1 aromatic rings. The van der Waals surface area contributed by atoms with Crippen molar-refractivity contribution in [3.05, 3.63) is 11.6 Å². The molecule has 1 amide bonds. The molecular weight excluding hydrogens is 278 g/mol. The molecule has 1 unspecified atom stereocenters. The van der Waals surface area contributed by atoms with Gasteiger partial charge in [-0.25, -0.2) is 4.98 Å². The first-order chi connectivity index (χ1) is 9.55. The number of thiazole rings is 1. The fourth-order valence-electron chi connectivity index (χ4n) is 2.62. The summed E-state index contributed by atoms with van der Waals surface area (Å²) in [5.74, 6) is -0.901. The smallest absolute Gasteiger partial charge is 0.310 e. The van der Waals surface area contributed by atoms with Crippen molar-refractivity contribution in [1.82, 2.24) is 9.88 Å². The van der Waals surface area contributed by atoms with Gasteiger partial charge < -0.3 is 10.4 Å². The lowest BCUT2D eigenvalue weighted by atomic mass is 9.77. The monoisotopic (exact) mass is 297 g/mol. The van der Waals surface area contributed by atoms with Gasteiger partial charge in [0.25, 0.3) is 0 Å². The van der Waals surface area contributed by atoms with Crippen LogP contribution in [-0.4, -0.2) is 46.5 Å². The Balaban J connectivity index is 1.92. The maximum absolute atomic E-state index is 11.9. The lowest BCUT2D eigenvalue weighted by Gasteiger charge is -2.39. The SMILES string of the molecule is CCC1(C(=O)O)CCCN(CC(=O)Nc2nccs2)C1. The van der Waals surface area contributed by atoms with Crippen molar-refractivity contribution < 1.29 is 14.7 Å². The number of carbonyl (C=O) groups excluding carboxylic acids is 1. The summed E-state index contributed by atoms with van der Waals surface area (Å²) >= 11 is 1.37. The molecule has 0 spiro atoms. The van der Waals surface area contributed by atoms with Crippen LogP contribution in [0.4, 0.5) is 5.13 Å². The molecule has 0 aromatic carbocycles. The van der Waals surface area contributed by atoms with Gasteiger partial charge in [0.15, 0.2) is 5.13 Å². The quantitative estimate of drug-likeness (QED) is 0.863. The lowest BCUT2D eigenvalue weighted by molar-refractivity contribution is -0.153. The Bertz CT molecular complexity index is 477. The predicted octanol–water partition coefficient (Wildman–Crippen LogP) is 1.66. The number of nitrogens with zero attached hydrogens (tertiary/aromatic N) is 2. The molecule has 1 fully saturated rings. The molecule has 0 radical (unpaired) electrons. The van der Waals surface area contributed by atoms with Crippen LogP contribution in [0.2, 0.25) is 0 Å². The fourth-order valence-corrected chi connectivity index (χ4v) is 3.17. The second-order valence-corrected chi connectivity index (χ2v) is 6.03. The molecule has 0 aliphatic carbocycles. The summed E-state index contributed by atoms with van der Waals surface area (Å²) in [6.07, 6.45) is 3.72. The topological polar surface area (TPSA) is 82.5 Å². The number of hydrogen-bond acceptors (Lipinski definition) is 5. The van der Waals surface area contributed by atoms with Crippen LogP contribution >= 0.6 is 11.3 Å². The zero-order valence-corrected chi connectivity index (χ0v) is 12.3. The van der Waals surface area contributed by atoms with Crippen LogP contribution < -0.4 is 5.32 Å². The van der Waals surface area contributed by atoms with Crippen molar-refractivity contribution in [2.45, 2.75) is 26.2 Å². The highest BCUT2D eigenvalue weighted by molar-refractivity contribution is 7.13. The van der Waals surface area contributed by atoms with E-state index >= 15 is 0 Å². The summed E-state index contributed by atoms with van der Waals surface area (Å²) in [5, 5.41) is 14.5. The standard InChI is InChI=1S/C13H19N3O3S/c1-2-13(11(18)19)4-3-6-16(9-13)8-10(17)15-12-14-5-7-20-12/h5,7H,2-4,6,8-9H2,1H3,(H,18,19)(H,14,15,17). The second-order valence-electron chi connectivity index (χ2n) is 5.14. The zero-order valence-electron chi connectivity index (χ0n) is 11.5. The Morgan fingerprint density at radius 3 is 3.00 bits per heavy atom. The largest absolute Gasteiger partial charge is 0.481 e. The van der Waals surface area contributed by atoms with Crippen LogP contribution in [0.3, 0.4) is 0 Å². The van der Waals surface area contributed by atoms with Crippen LogP contribution in [-0.2, 0) is 9.59 Å². The Labute approximate surface area is 121 Å². The van der Waals surface area contributed by atoms with Crippen molar-refractivity contribution in [2.75, 3.05) is 25.0 Å². The van der Waals surface area contributed by atoms with E-state index in [1.54, 1.807) is 11.6 Å². The average Bonchev–Trinajstić information content (AvgIpc) is 2.91. The van der Waals surface area contributed by atoms with Gasteiger partial charge in [-0.15, -0.1) is 11.3 Å². The van der Waals surface area contributed by atoms with Crippen LogP contribution in [0, 0.1) is 5.41 Å². The Morgan fingerprint density at radius 2 is 2.40 bits per heavy atom. The molecule has 1 aliphatic rings. The fraction of sp³-hybridized carbons (Fsp3) is 0.615. The third kappa shape index (κ3) is 3.34. The molecule has 2 rings (SSSR count). The number of piperidine rings is 1. The first-order valence-electron chi connectivity index (χ1n) is 6.71.